The van der Waals surface area contributed by atoms with Crippen molar-refractivity contribution < 1.29 is 14.1 Å². The van der Waals surface area contributed by atoms with Crippen molar-refractivity contribution in [1.29, 1.82) is 0 Å². The lowest BCUT2D eigenvalue weighted by Gasteiger charge is -2.27. The smallest absolute Gasteiger partial charge is 0.276 e. The third-order valence-corrected chi connectivity index (χ3v) is 5.71. The van der Waals surface area contributed by atoms with Crippen molar-refractivity contribution >= 4 is 11.8 Å². The van der Waals surface area contributed by atoms with Crippen LogP contribution >= 0.6 is 0 Å². The predicted octanol–water partition coefficient (Wildman–Crippen LogP) is 2.23. The molecule has 0 radical (unpaired) electrons. The molecule has 150 valence electrons. The van der Waals surface area contributed by atoms with Crippen molar-refractivity contribution in [3.63, 3.8) is 0 Å². The minimum atomic E-state index is -0.164. The average Bonchev–Trinajstić information content (AvgIpc) is 3.42. The van der Waals surface area contributed by atoms with Gasteiger partial charge in [0.15, 0.2) is 11.4 Å². The molecule has 1 N–H and O–H groups in total. The first-order valence-electron chi connectivity index (χ1n) is 10.2. The number of carbonyl (C=O) groups is 2. The summed E-state index contributed by atoms with van der Waals surface area (Å²) in [5, 5.41) is 11.5. The molecule has 0 atom stereocenters. The standard InChI is InChI=1S/C20H27N5O3/c1-3-6-14-11-16(23-28-14)20(27)25-10-9-17-15(12-25)18(22-24(17)2)19(26)21-13-7-4-5-8-13/h11,13H,3-10,12H2,1-2H3,(H,21,26). The topological polar surface area (TPSA) is 93.3 Å². The van der Waals surface area contributed by atoms with E-state index in [2.05, 4.69) is 22.5 Å². The molecule has 1 saturated carbocycles. The molecule has 2 aromatic heterocycles. The highest BCUT2D eigenvalue weighted by Gasteiger charge is 2.31. The fraction of sp³-hybridized carbons (Fsp3) is 0.600. The summed E-state index contributed by atoms with van der Waals surface area (Å²) < 4.78 is 7.02. The molecule has 0 saturated heterocycles. The first-order chi connectivity index (χ1) is 13.6. The van der Waals surface area contributed by atoms with Gasteiger partial charge in [0, 0.05) is 49.8 Å². The maximum Gasteiger partial charge on any atom is 0.276 e. The van der Waals surface area contributed by atoms with Crippen molar-refractivity contribution in [2.24, 2.45) is 7.05 Å². The number of nitrogens with one attached hydrogen (secondary N) is 1. The summed E-state index contributed by atoms with van der Waals surface area (Å²) >= 11 is 0. The molecular weight excluding hydrogens is 358 g/mol. The number of fused-ring (bicyclic) bond motifs is 1. The largest absolute Gasteiger partial charge is 0.361 e. The molecular formula is C20H27N5O3. The van der Waals surface area contributed by atoms with Crippen LogP contribution in [0.2, 0.25) is 0 Å². The maximum atomic E-state index is 12.9. The molecule has 2 aliphatic rings. The zero-order chi connectivity index (χ0) is 19.7. The Hall–Kier alpha value is -2.64. The first kappa shape index (κ1) is 18.7. The van der Waals surface area contributed by atoms with Gasteiger partial charge >= 0.3 is 0 Å². The monoisotopic (exact) mass is 385 g/mol. The van der Waals surface area contributed by atoms with E-state index in [1.54, 1.807) is 15.6 Å². The Labute approximate surface area is 164 Å². The predicted molar refractivity (Wildman–Crippen MR) is 102 cm³/mol. The molecule has 0 bridgehead atoms. The highest BCUT2D eigenvalue weighted by atomic mass is 16.5. The molecule has 8 heteroatoms. The van der Waals surface area contributed by atoms with Crippen LogP contribution in [-0.4, -0.2) is 44.2 Å². The Balaban J connectivity index is 1.51. The molecule has 8 nitrogen and oxygen atoms in total. The van der Waals surface area contributed by atoms with E-state index in [0.29, 0.717) is 30.9 Å². The number of aryl methyl sites for hydroxylation is 2. The molecule has 2 aromatic rings. The Morgan fingerprint density at radius 2 is 2.11 bits per heavy atom. The van der Waals surface area contributed by atoms with Gasteiger partial charge in [0.1, 0.15) is 5.76 Å². The van der Waals surface area contributed by atoms with Crippen molar-refractivity contribution in [3.05, 3.63) is 34.5 Å². The summed E-state index contributed by atoms with van der Waals surface area (Å²) in [6.07, 6.45) is 6.73. The van der Waals surface area contributed by atoms with Gasteiger partial charge in [0.2, 0.25) is 0 Å². The quantitative estimate of drug-likeness (QED) is 0.852. The van der Waals surface area contributed by atoms with Crippen molar-refractivity contribution in [3.8, 4) is 0 Å². The molecule has 28 heavy (non-hydrogen) atoms. The second-order valence-electron chi connectivity index (χ2n) is 7.76. The summed E-state index contributed by atoms with van der Waals surface area (Å²) in [6.45, 7) is 2.99. The molecule has 2 amide bonds. The van der Waals surface area contributed by atoms with Crippen LogP contribution in [0.1, 0.15) is 77.0 Å². The van der Waals surface area contributed by atoms with Crippen molar-refractivity contribution in [1.82, 2.24) is 25.2 Å². The third kappa shape index (κ3) is 3.55. The number of amides is 2. The van der Waals surface area contributed by atoms with Crippen molar-refractivity contribution in [2.45, 2.75) is 64.5 Å². The number of nitrogens with zero attached hydrogens (tertiary/aromatic N) is 4. The van der Waals surface area contributed by atoms with Crippen LogP contribution in [-0.2, 0) is 26.4 Å². The Morgan fingerprint density at radius 1 is 1.32 bits per heavy atom. The van der Waals surface area contributed by atoms with Gasteiger partial charge in [-0.2, -0.15) is 5.10 Å². The highest BCUT2D eigenvalue weighted by Crippen LogP contribution is 2.25. The zero-order valence-corrected chi connectivity index (χ0v) is 16.5. The lowest BCUT2D eigenvalue weighted by atomic mass is 10.0. The minimum absolute atomic E-state index is 0.135. The van der Waals surface area contributed by atoms with E-state index in [-0.39, 0.29) is 17.9 Å². The zero-order valence-electron chi connectivity index (χ0n) is 16.5. The van der Waals surface area contributed by atoms with E-state index in [0.717, 1.165) is 55.5 Å². The van der Waals surface area contributed by atoms with E-state index in [1.807, 2.05) is 7.05 Å². The van der Waals surface area contributed by atoms with Gasteiger partial charge in [-0.1, -0.05) is 24.9 Å². The fourth-order valence-electron chi connectivity index (χ4n) is 4.21. The number of carbonyl (C=O) groups excluding carboxylic acids is 2. The first-order valence-corrected chi connectivity index (χ1v) is 10.2. The SMILES string of the molecule is CCCc1cc(C(=O)N2CCc3c(c(C(=O)NC4CCCC4)nn3C)C2)no1. The molecule has 0 aromatic carbocycles. The number of aromatic nitrogens is 3. The summed E-state index contributed by atoms with van der Waals surface area (Å²) in [5.74, 6) is 0.425. The van der Waals surface area contributed by atoms with Crippen LogP contribution in [0.15, 0.2) is 10.6 Å². The molecule has 1 aliphatic carbocycles. The molecule has 4 rings (SSSR count). The van der Waals surface area contributed by atoms with Gasteiger partial charge < -0.3 is 14.7 Å². The maximum absolute atomic E-state index is 12.9. The van der Waals surface area contributed by atoms with E-state index >= 15 is 0 Å². The fourth-order valence-corrected chi connectivity index (χ4v) is 4.21. The summed E-state index contributed by atoms with van der Waals surface area (Å²) in [6, 6.07) is 1.96. The second kappa shape index (κ2) is 7.77. The van der Waals surface area contributed by atoms with Crippen molar-refractivity contribution in [2.75, 3.05) is 6.54 Å². The third-order valence-electron chi connectivity index (χ3n) is 5.71. The average molecular weight is 385 g/mol. The molecule has 0 unspecified atom stereocenters. The van der Waals surface area contributed by atoms with Gasteiger partial charge in [0.25, 0.3) is 11.8 Å². The van der Waals surface area contributed by atoms with Crippen LogP contribution < -0.4 is 5.32 Å². The molecule has 1 aliphatic heterocycles. The van der Waals surface area contributed by atoms with Gasteiger partial charge in [-0.05, 0) is 19.3 Å². The number of rotatable bonds is 5. The molecule has 1 fully saturated rings. The van der Waals surface area contributed by atoms with E-state index in [9.17, 15) is 9.59 Å². The van der Waals surface area contributed by atoms with Crippen LogP contribution in [0, 0.1) is 0 Å². The lowest BCUT2D eigenvalue weighted by Crippen LogP contribution is -2.38. The van der Waals surface area contributed by atoms with E-state index in [4.69, 9.17) is 4.52 Å². The van der Waals surface area contributed by atoms with E-state index < -0.39 is 0 Å². The van der Waals surface area contributed by atoms with Gasteiger partial charge in [-0.15, -0.1) is 0 Å². The summed E-state index contributed by atoms with van der Waals surface area (Å²) in [4.78, 5) is 27.4. The Bertz CT molecular complexity index is 879. The normalized spacial score (nSPS) is 17.0. The van der Waals surface area contributed by atoms with E-state index in [1.165, 1.54) is 0 Å². The van der Waals surface area contributed by atoms with Crippen LogP contribution in [0.4, 0.5) is 0 Å². The summed E-state index contributed by atoms with van der Waals surface area (Å²) in [5.41, 5.74) is 2.63. The van der Waals surface area contributed by atoms with Crippen LogP contribution in [0.25, 0.3) is 0 Å². The van der Waals surface area contributed by atoms with Gasteiger partial charge in [-0.3, -0.25) is 14.3 Å². The second-order valence-corrected chi connectivity index (χ2v) is 7.76. The van der Waals surface area contributed by atoms with Gasteiger partial charge in [-0.25, -0.2) is 0 Å². The minimum Gasteiger partial charge on any atom is -0.361 e. The van der Waals surface area contributed by atoms with Crippen LogP contribution in [0.3, 0.4) is 0 Å². The molecule has 0 spiro atoms. The number of hydrogen-bond donors (Lipinski definition) is 1. The van der Waals surface area contributed by atoms with Crippen LogP contribution in [0.5, 0.6) is 0 Å². The highest BCUT2D eigenvalue weighted by molar-refractivity contribution is 5.95. The van der Waals surface area contributed by atoms with Gasteiger partial charge in [0.05, 0.1) is 6.54 Å². The lowest BCUT2D eigenvalue weighted by molar-refractivity contribution is 0.0719. The molecule has 3 heterocycles. The Kier molecular flexibility index (Phi) is 5.19. The summed E-state index contributed by atoms with van der Waals surface area (Å²) in [7, 11) is 1.86. The number of hydrogen-bond acceptors (Lipinski definition) is 5. The Morgan fingerprint density at radius 3 is 2.86 bits per heavy atom.